The topological polar surface area (TPSA) is 46.7 Å². The van der Waals surface area contributed by atoms with Crippen molar-refractivity contribution in [2.75, 3.05) is 13.2 Å². The molecule has 80 valence electrons. The molecule has 15 heavy (non-hydrogen) atoms. The predicted octanol–water partition coefficient (Wildman–Crippen LogP) is 2.17. The van der Waals surface area contributed by atoms with Gasteiger partial charge in [0.2, 0.25) is 11.6 Å². The first-order valence-electron chi connectivity index (χ1n) is 4.94. The summed E-state index contributed by atoms with van der Waals surface area (Å²) in [5, 5.41) is 8.56. The lowest BCUT2D eigenvalue weighted by Gasteiger charge is -2.04. The molecule has 0 aliphatic carbocycles. The second kappa shape index (κ2) is 6.80. The molecular formula is C11H14N2O2. The van der Waals surface area contributed by atoms with E-state index in [1.165, 1.54) is 6.20 Å². The van der Waals surface area contributed by atoms with Crippen LogP contribution in [0.15, 0.2) is 18.3 Å². The molecule has 0 aromatic carbocycles. The molecular weight excluding hydrogens is 192 g/mol. The van der Waals surface area contributed by atoms with Gasteiger partial charge in [-0.05, 0) is 31.4 Å². The highest BCUT2D eigenvalue weighted by Crippen LogP contribution is 2.14. The number of nitrogens with zero attached hydrogens (tertiary/aromatic N) is 2. The summed E-state index contributed by atoms with van der Waals surface area (Å²) in [6.45, 7) is 7.58. The van der Waals surface area contributed by atoms with E-state index in [9.17, 15) is 0 Å². The summed E-state index contributed by atoms with van der Waals surface area (Å²) >= 11 is 0. The van der Waals surface area contributed by atoms with Crippen LogP contribution in [-0.4, -0.2) is 23.3 Å². The SMILES string of the molecule is [C-]#[N+]c1ccc(OCCCCCO)nc1. The fraction of sp³-hybridized carbons (Fsp3) is 0.455. The quantitative estimate of drug-likeness (QED) is 0.573. The molecule has 0 bridgehead atoms. The van der Waals surface area contributed by atoms with Crippen LogP contribution in [0.1, 0.15) is 19.3 Å². The number of aliphatic hydroxyl groups excluding tert-OH is 1. The number of hydrogen-bond donors (Lipinski definition) is 1. The summed E-state index contributed by atoms with van der Waals surface area (Å²) < 4.78 is 5.36. The maximum Gasteiger partial charge on any atom is 0.210 e. The van der Waals surface area contributed by atoms with Crippen LogP contribution in [0.2, 0.25) is 0 Å². The lowest BCUT2D eigenvalue weighted by atomic mass is 10.2. The summed E-state index contributed by atoms with van der Waals surface area (Å²) in [6.07, 6.45) is 4.17. The Kier molecular flexibility index (Phi) is 5.20. The van der Waals surface area contributed by atoms with Crippen molar-refractivity contribution in [3.05, 3.63) is 29.7 Å². The second-order valence-electron chi connectivity index (χ2n) is 3.10. The molecule has 1 heterocycles. The molecule has 1 aromatic heterocycles. The number of aliphatic hydroxyl groups is 1. The first-order chi connectivity index (χ1) is 7.36. The van der Waals surface area contributed by atoms with Gasteiger partial charge in [0.15, 0.2) is 0 Å². The minimum Gasteiger partial charge on any atom is -0.478 e. The van der Waals surface area contributed by atoms with E-state index in [2.05, 4.69) is 9.83 Å². The summed E-state index contributed by atoms with van der Waals surface area (Å²) in [7, 11) is 0. The summed E-state index contributed by atoms with van der Waals surface area (Å²) in [5.74, 6) is 0.548. The van der Waals surface area contributed by atoms with Crippen molar-refractivity contribution in [1.29, 1.82) is 0 Å². The largest absolute Gasteiger partial charge is 0.478 e. The van der Waals surface area contributed by atoms with Gasteiger partial charge in [0.25, 0.3) is 0 Å². The zero-order chi connectivity index (χ0) is 10.9. The van der Waals surface area contributed by atoms with Crippen LogP contribution >= 0.6 is 0 Å². The highest BCUT2D eigenvalue weighted by molar-refractivity contribution is 5.42. The molecule has 0 saturated heterocycles. The summed E-state index contributed by atoms with van der Waals surface area (Å²) in [6, 6.07) is 3.38. The van der Waals surface area contributed by atoms with Crippen molar-refractivity contribution in [3.63, 3.8) is 0 Å². The standard InChI is InChI=1S/C11H14N2O2/c1-12-10-5-6-11(13-9-10)15-8-4-2-3-7-14/h5-6,9,14H,2-4,7-8H2. The third-order valence-corrected chi connectivity index (χ3v) is 1.90. The molecule has 1 rings (SSSR count). The number of rotatable bonds is 6. The van der Waals surface area contributed by atoms with E-state index >= 15 is 0 Å². The normalized spacial score (nSPS) is 9.60. The zero-order valence-electron chi connectivity index (χ0n) is 8.52. The predicted molar refractivity (Wildman–Crippen MR) is 56.9 cm³/mol. The lowest BCUT2D eigenvalue weighted by Crippen LogP contribution is -1.99. The molecule has 4 heteroatoms. The summed E-state index contributed by atoms with van der Waals surface area (Å²) in [4.78, 5) is 7.22. The van der Waals surface area contributed by atoms with Gasteiger partial charge in [0.1, 0.15) is 0 Å². The molecule has 0 atom stereocenters. The van der Waals surface area contributed by atoms with E-state index in [4.69, 9.17) is 16.4 Å². The van der Waals surface area contributed by atoms with E-state index in [0.717, 1.165) is 19.3 Å². The average Bonchev–Trinajstić information content (AvgIpc) is 2.30. The van der Waals surface area contributed by atoms with Crippen LogP contribution in [0.4, 0.5) is 5.69 Å². The fourth-order valence-electron chi connectivity index (χ4n) is 1.09. The number of unbranched alkanes of at least 4 members (excludes halogenated alkanes) is 2. The van der Waals surface area contributed by atoms with Crippen LogP contribution in [-0.2, 0) is 0 Å². The third-order valence-electron chi connectivity index (χ3n) is 1.90. The number of ether oxygens (including phenoxy) is 1. The van der Waals surface area contributed by atoms with Gasteiger partial charge < -0.3 is 9.84 Å². The van der Waals surface area contributed by atoms with Crippen LogP contribution < -0.4 is 4.74 Å². The smallest absolute Gasteiger partial charge is 0.210 e. The van der Waals surface area contributed by atoms with Crippen LogP contribution in [0, 0.1) is 6.57 Å². The Bertz CT molecular complexity index is 316. The third kappa shape index (κ3) is 4.43. The van der Waals surface area contributed by atoms with Gasteiger partial charge in [-0.1, -0.05) is 0 Å². The van der Waals surface area contributed by atoms with Crippen molar-refractivity contribution >= 4 is 5.69 Å². The highest BCUT2D eigenvalue weighted by atomic mass is 16.5. The van der Waals surface area contributed by atoms with Gasteiger partial charge in [-0.15, -0.1) is 0 Å². The highest BCUT2D eigenvalue weighted by Gasteiger charge is 1.95. The van der Waals surface area contributed by atoms with Crippen molar-refractivity contribution in [1.82, 2.24) is 4.98 Å². The molecule has 1 N–H and O–H groups in total. The molecule has 0 amide bonds. The van der Waals surface area contributed by atoms with E-state index in [1.807, 2.05) is 0 Å². The van der Waals surface area contributed by atoms with E-state index in [1.54, 1.807) is 12.1 Å². The fourth-order valence-corrected chi connectivity index (χ4v) is 1.09. The minimum absolute atomic E-state index is 0.234. The molecule has 0 spiro atoms. The van der Waals surface area contributed by atoms with Crippen molar-refractivity contribution < 1.29 is 9.84 Å². The van der Waals surface area contributed by atoms with E-state index in [0.29, 0.717) is 18.2 Å². The van der Waals surface area contributed by atoms with Crippen LogP contribution in [0.3, 0.4) is 0 Å². The van der Waals surface area contributed by atoms with E-state index in [-0.39, 0.29) is 6.61 Å². The molecule has 0 unspecified atom stereocenters. The molecule has 0 aliphatic rings. The Balaban J connectivity index is 2.23. The lowest BCUT2D eigenvalue weighted by molar-refractivity contribution is 0.262. The number of pyridine rings is 1. The van der Waals surface area contributed by atoms with Gasteiger partial charge in [-0.2, -0.15) is 0 Å². The first kappa shape index (κ1) is 11.5. The second-order valence-corrected chi connectivity index (χ2v) is 3.10. The molecule has 0 aliphatic heterocycles. The number of aromatic nitrogens is 1. The monoisotopic (exact) mass is 206 g/mol. The molecule has 4 nitrogen and oxygen atoms in total. The maximum absolute atomic E-state index is 8.56. The minimum atomic E-state index is 0.234. The van der Waals surface area contributed by atoms with Crippen molar-refractivity contribution in [2.45, 2.75) is 19.3 Å². The van der Waals surface area contributed by atoms with Crippen molar-refractivity contribution in [3.8, 4) is 5.88 Å². The van der Waals surface area contributed by atoms with Gasteiger partial charge in [-0.3, -0.25) is 0 Å². The molecule has 0 saturated carbocycles. The average molecular weight is 206 g/mol. The van der Waals surface area contributed by atoms with Gasteiger partial charge in [-0.25, -0.2) is 9.83 Å². The van der Waals surface area contributed by atoms with Crippen LogP contribution in [0.5, 0.6) is 5.88 Å². The summed E-state index contributed by atoms with van der Waals surface area (Å²) in [5.41, 5.74) is 0.516. The Morgan fingerprint density at radius 3 is 2.80 bits per heavy atom. The van der Waals surface area contributed by atoms with Crippen molar-refractivity contribution in [2.24, 2.45) is 0 Å². The van der Waals surface area contributed by atoms with E-state index < -0.39 is 0 Å². The van der Waals surface area contributed by atoms with Crippen LogP contribution in [0.25, 0.3) is 4.85 Å². The Morgan fingerprint density at radius 1 is 1.33 bits per heavy atom. The molecule has 0 radical (unpaired) electrons. The Morgan fingerprint density at radius 2 is 2.20 bits per heavy atom. The van der Waals surface area contributed by atoms with Gasteiger partial charge in [0, 0.05) is 12.8 Å². The molecule has 1 aromatic rings. The van der Waals surface area contributed by atoms with Gasteiger partial charge in [0.05, 0.1) is 13.2 Å². The maximum atomic E-state index is 8.56. The number of hydrogen-bond acceptors (Lipinski definition) is 3. The van der Waals surface area contributed by atoms with Gasteiger partial charge >= 0.3 is 0 Å². The Hall–Kier alpha value is -1.60. The zero-order valence-corrected chi connectivity index (χ0v) is 8.52. The molecule has 0 fully saturated rings. The Labute approximate surface area is 89.4 Å². The first-order valence-corrected chi connectivity index (χ1v) is 4.94.